The van der Waals surface area contributed by atoms with Gasteiger partial charge in [-0.15, -0.1) is 0 Å². The van der Waals surface area contributed by atoms with Crippen molar-refractivity contribution in [1.82, 2.24) is 15.1 Å². The molecule has 0 amide bonds. The summed E-state index contributed by atoms with van der Waals surface area (Å²) in [6.07, 6.45) is 6.24. The molecule has 0 aliphatic heterocycles. The average Bonchev–Trinajstić information content (AvgIpc) is 2.83. The molecule has 1 N–H and O–H groups in total. The van der Waals surface area contributed by atoms with Crippen LogP contribution in [-0.2, 0) is 13.5 Å². The van der Waals surface area contributed by atoms with Crippen molar-refractivity contribution in [3.63, 3.8) is 0 Å². The number of aromatic nitrogens is 2. The van der Waals surface area contributed by atoms with Crippen LogP contribution in [0.1, 0.15) is 30.4 Å². The molecule has 108 valence electrons. The quantitative estimate of drug-likeness (QED) is 0.784. The predicted octanol–water partition coefficient (Wildman–Crippen LogP) is 3.51. The molecule has 0 saturated carbocycles. The molecule has 1 aromatic carbocycles. The van der Waals surface area contributed by atoms with E-state index in [1.165, 1.54) is 11.1 Å². The van der Waals surface area contributed by atoms with Crippen LogP contribution in [0.4, 0.5) is 0 Å². The fraction of sp³-hybridized carbons (Fsp3) is 0.438. The van der Waals surface area contributed by atoms with E-state index in [2.05, 4.69) is 63.7 Å². The highest BCUT2D eigenvalue weighted by Gasteiger charge is 2.13. The number of aryl methyl sites for hydroxylation is 1. The molecule has 20 heavy (non-hydrogen) atoms. The summed E-state index contributed by atoms with van der Waals surface area (Å²) in [6.45, 7) is 4.26. The smallest absolute Gasteiger partial charge is 0.0521 e. The minimum Gasteiger partial charge on any atom is -0.316 e. The van der Waals surface area contributed by atoms with Gasteiger partial charge in [-0.2, -0.15) is 5.10 Å². The average molecular weight is 336 g/mol. The number of hydrogen-bond donors (Lipinski definition) is 1. The third-order valence-corrected chi connectivity index (χ3v) is 3.87. The van der Waals surface area contributed by atoms with Crippen LogP contribution in [0.25, 0.3) is 0 Å². The Bertz CT molecular complexity index is 536. The van der Waals surface area contributed by atoms with E-state index in [1.54, 1.807) is 0 Å². The lowest BCUT2D eigenvalue weighted by Crippen LogP contribution is -2.23. The molecule has 3 nitrogen and oxygen atoms in total. The number of hydrogen-bond acceptors (Lipinski definition) is 2. The summed E-state index contributed by atoms with van der Waals surface area (Å²) in [5.74, 6) is 0.475. The fourth-order valence-electron chi connectivity index (χ4n) is 2.38. The van der Waals surface area contributed by atoms with Gasteiger partial charge in [-0.3, -0.25) is 4.68 Å². The van der Waals surface area contributed by atoms with Crippen LogP contribution >= 0.6 is 15.9 Å². The summed E-state index contributed by atoms with van der Waals surface area (Å²) in [6, 6.07) is 8.60. The van der Waals surface area contributed by atoms with Crippen LogP contribution in [0.2, 0.25) is 0 Å². The molecular formula is C16H22BrN3. The van der Waals surface area contributed by atoms with E-state index < -0.39 is 0 Å². The second-order valence-corrected chi connectivity index (χ2v) is 6.10. The zero-order valence-corrected chi connectivity index (χ0v) is 13.7. The van der Waals surface area contributed by atoms with Crippen LogP contribution in [0.5, 0.6) is 0 Å². The van der Waals surface area contributed by atoms with Crippen molar-refractivity contribution in [2.45, 2.75) is 25.7 Å². The molecule has 1 unspecified atom stereocenters. The lowest BCUT2D eigenvalue weighted by molar-refractivity contribution is 0.576. The first-order chi connectivity index (χ1) is 9.69. The zero-order chi connectivity index (χ0) is 14.4. The summed E-state index contributed by atoms with van der Waals surface area (Å²) in [7, 11) is 1.97. The minimum atomic E-state index is 0.475. The molecule has 0 aliphatic rings. The van der Waals surface area contributed by atoms with E-state index in [1.807, 2.05) is 17.9 Å². The van der Waals surface area contributed by atoms with Gasteiger partial charge in [-0.1, -0.05) is 35.0 Å². The summed E-state index contributed by atoms with van der Waals surface area (Å²) in [5.41, 5.74) is 2.66. The Morgan fingerprint density at radius 2 is 2.25 bits per heavy atom. The molecule has 2 rings (SSSR count). The van der Waals surface area contributed by atoms with Crippen molar-refractivity contribution in [2.24, 2.45) is 7.05 Å². The SMILES string of the molecule is CCCNCC(Cc1cnn(C)c1)c1cccc(Br)c1. The minimum absolute atomic E-state index is 0.475. The maximum atomic E-state index is 4.26. The zero-order valence-electron chi connectivity index (χ0n) is 12.1. The first-order valence-corrected chi connectivity index (χ1v) is 7.92. The van der Waals surface area contributed by atoms with Gasteiger partial charge in [0.25, 0.3) is 0 Å². The summed E-state index contributed by atoms with van der Waals surface area (Å²) in [5, 5.41) is 7.80. The van der Waals surface area contributed by atoms with E-state index >= 15 is 0 Å². The number of nitrogens with one attached hydrogen (secondary N) is 1. The maximum absolute atomic E-state index is 4.26. The Labute approximate surface area is 129 Å². The number of nitrogens with zero attached hydrogens (tertiary/aromatic N) is 2. The second-order valence-electron chi connectivity index (χ2n) is 5.18. The Hall–Kier alpha value is -1.13. The highest BCUT2D eigenvalue weighted by Crippen LogP contribution is 2.23. The Morgan fingerprint density at radius 3 is 2.90 bits per heavy atom. The number of benzene rings is 1. The van der Waals surface area contributed by atoms with Gasteiger partial charge in [-0.05, 0) is 42.6 Å². The fourth-order valence-corrected chi connectivity index (χ4v) is 2.80. The molecule has 1 atom stereocenters. The van der Waals surface area contributed by atoms with Crippen molar-refractivity contribution in [3.05, 3.63) is 52.3 Å². The standard InChI is InChI=1S/C16H22BrN3/c1-3-7-18-11-15(8-13-10-19-20(2)12-13)14-5-4-6-16(17)9-14/h4-6,9-10,12,15,18H,3,7-8,11H2,1-2H3. The lowest BCUT2D eigenvalue weighted by atomic mass is 9.93. The van der Waals surface area contributed by atoms with E-state index in [0.29, 0.717) is 5.92 Å². The van der Waals surface area contributed by atoms with E-state index in [9.17, 15) is 0 Å². The van der Waals surface area contributed by atoms with Crippen molar-refractivity contribution in [2.75, 3.05) is 13.1 Å². The van der Waals surface area contributed by atoms with Crippen molar-refractivity contribution in [1.29, 1.82) is 0 Å². The normalized spacial score (nSPS) is 12.6. The number of rotatable bonds is 7. The molecular weight excluding hydrogens is 314 g/mol. The Morgan fingerprint density at radius 1 is 1.40 bits per heavy atom. The van der Waals surface area contributed by atoms with Gasteiger partial charge in [-0.25, -0.2) is 0 Å². The van der Waals surface area contributed by atoms with Crippen molar-refractivity contribution in [3.8, 4) is 0 Å². The van der Waals surface area contributed by atoms with Crippen molar-refractivity contribution >= 4 is 15.9 Å². The molecule has 0 spiro atoms. The van der Waals surface area contributed by atoms with E-state index in [0.717, 1.165) is 30.4 Å². The summed E-state index contributed by atoms with van der Waals surface area (Å²) < 4.78 is 3.01. The predicted molar refractivity (Wildman–Crippen MR) is 87.0 cm³/mol. The molecule has 0 fully saturated rings. The summed E-state index contributed by atoms with van der Waals surface area (Å²) >= 11 is 3.56. The largest absolute Gasteiger partial charge is 0.316 e. The Kier molecular flexibility index (Phi) is 5.80. The van der Waals surface area contributed by atoms with Crippen LogP contribution in [-0.4, -0.2) is 22.9 Å². The van der Waals surface area contributed by atoms with Gasteiger partial charge in [0.1, 0.15) is 0 Å². The van der Waals surface area contributed by atoms with Gasteiger partial charge < -0.3 is 5.32 Å². The third-order valence-electron chi connectivity index (χ3n) is 3.38. The third kappa shape index (κ3) is 4.46. The topological polar surface area (TPSA) is 29.9 Å². The number of halogens is 1. The maximum Gasteiger partial charge on any atom is 0.0521 e. The molecule has 0 bridgehead atoms. The van der Waals surface area contributed by atoms with Crippen molar-refractivity contribution < 1.29 is 0 Å². The van der Waals surface area contributed by atoms with Gasteiger partial charge in [0.05, 0.1) is 6.20 Å². The van der Waals surface area contributed by atoms with E-state index in [4.69, 9.17) is 0 Å². The van der Waals surface area contributed by atoms with Gasteiger partial charge in [0.15, 0.2) is 0 Å². The highest BCUT2D eigenvalue weighted by atomic mass is 79.9. The van der Waals surface area contributed by atoms with Crippen LogP contribution in [0.15, 0.2) is 41.1 Å². The van der Waals surface area contributed by atoms with Gasteiger partial charge in [0, 0.05) is 30.2 Å². The monoisotopic (exact) mass is 335 g/mol. The summed E-state index contributed by atoms with van der Waals surface area (Å²) in [4.78, 5) is 0. The molecule has 2 aromatic rings. The first-order valence-electron chi connectivity index (χ1n) is 7.12. The van der Waals surface area contributed by atoms with Crippen LogP contribution in [0.3, 0.4) is 0 Å². The second kappa shape index (κ2) is 7.60. The molecule has 1 aromatic heterocycles. The van der Waals surface area contributed by atoms with Crippen LogP contribution < -0.4 is 5.32 Å². The van der Waals surface area contributed by atoms with E-state index in [-0.39, 0.29) is 0 Å². The lowest BCUT2D eigenvalue weighted by Gasteiger charge is -2.18. The molecule has 0 saturated heterocycles. The van der Waals surface area contributed by atoms with Gasteiger partial charge >= 0.3 is 0 Å². The highest BCUT2D eigenvalue weighted by molar-refractivity contribution is 9.10. The van der Waals surface area contributed by atoms with Crippen LogP contribution in [0, 0.1) is 0 Å². The molecule has 0 aliphatic carbocycles. The van der Waals surface area contributed by atoms with Gasteiger partial charge in [0.2, 0.25) is 0 Å². The molecule has 1 heterocycles. The molecule has 4 heteroatoms. The Balaban J connectivity index is 2.11. The molecule has 0 radical (unpaired) electrons. The first kappa shape index (κ1) is 15.3.